The third-order valence-corrected chi connectivity index (χ3v) is 2.96. The molecule has 0 atom stereocenters. The maximum Gasteiger partial charge on any atom is 0.234 e. The van der Waals surface area contributed by atoms with Gasteiger partial charge in [0, 0.05) is 12.6 Å². The zero-order chi connectivity index (χ0) is 10.4. The zero-order valence-corrected chi connectivity index (χ0v) is 9.38. The number of likely N-dealkylation sites (N-methyl/N-ethyl adjacent to an activating group) is 2. The third-order valence-electron chi connectivity index (χ3n) is 2.96. The van der Waals surface area contributed by atoms with Gasteiger partial charge in [0.05, 0.1) is 6.54 Å². The molecule has 1 amide bonds. The fraction of sp³-hybridized carbons (Fsp3) is 0.909. The zero-order valence-electron chi connectivity index (χ0n) is 9.38. The lowest BCUT2D eigenvalue weighted by Gasteiger charge is -2.30. The number of hydrogen-bond acceptors (Lipinski definition) is 2. The second-order valence-corrected chi connectivity index (χ2v) is 4.16. The number of hydrogen-bond donors (Lipinski definition) is 1. The van der Waals surface area contributed by atoms with Crippen LogP contribution in [0.1, 0.15) is 39.0 Å². The van der Waals surface area contributed by atoms with E-state index in [1.54, 1.807) is 0 Å². The Labute approximate surface area is 86.9 Å². The summed E-state index contributed by atoms with van der Waals surface area (Å²) in [6.07, 6.45) is 6.53. The van der Waals surface area contributed by atoms with Crippen molar-refractivity contribution in [2.24, 2.45) is 0 Å². The minimum atomic E-state index is 0.153. The molecule has 3 nitrogen and oxygen atoms in total. The van der Waals surface area contributed by atoms with Crippen LogP contribution in [0.4, 0.5) is 0 Å². The molecule has 1 rings (SSSR count). The van der Waals surface area contributed by atoms with Gasteiger partial charge < -0.3 is 5.32 Å². The molecule has 1 aliphatic carbocycles. The number of nitrogens with one attached hydrogen (secondary N) is 1. The van der Waals surface area contributed by atoms with E-state index < -0.39 is 0 Å². The van der Waals surface area contributed by atoms with Gasteiger partial charge in [-0.2, -0.15) is 0 Å². The van der Waals surface area contributed by atoms with Crippen molar-refractivity contribution in [3.8, 4) is 0 Å². The molecule has 0 spiro atoms. The average Bonchev–Trinajstić information content (AvgIpc) is 2.19. The van der Waals surface area contributed by atoms with Gasteiger partial charge in [-0.3, -0.25) is 9.69 Å². The summed E-state index contributed by atoms with van der Waals surface area (Å²) in [7, 11) is 2.06. The van der Waals surface area contributed by atoms with Gasteiger partial charge in [0.2, 0.25) is 5.91 Å². The monoisotopic (exact) mass is 198 g/mol. The van der Waals surface area contributed by atoms with Gasteiger partial charge in [-0.25, -0.2) is 0 Å². The lowest BCUT2D eigenvalue weighted by atomic mass is 9.94. The van der Waals surface area contributed by atoms with Crippen molar-refractivity contribution < 1.29 is 4.79 Å². The Kier molecular flexibility index (Phi) is 4.94. The second-order valence-electron chi connectivity index (χ2n) is 4.16. The lowest BCUT2D eigenvalue weighted by Crippen LogP contribution is -2.41. The standard InChI is InChI=1S/C11H22N2O/c1-3-12-11(14)9-13(2)10-7-5-4-6-8-10/h10H,3-9H2,1-2H3,(H,12,14). The van der Waals surface area contributed by atoms with E-state index in [0.29, 0.717) is 12.6 Å². The molecule has 1 aliphatic rings. The van der Waals surface area contributed by atoms with Crippen molar-refractivity contribution in [1.82, 2.24) is 10.2 Å². The van der Waals surface area contributed by atoms with E-state index in [9.17, 15) is 4.79 Å². The predicted molar refractivity (Wildman–Crippen MR) is 58.2 cm³/mol. The van der Waals surface area contributed by atoms with Crippen molar-refractivity contribution in [2.75, 3.05) is 20.1 Å². The lowest BCUT2D eigenvalue weighted by molar-refractivity contribution is -0.122. The van der Waals surface area contributed by atoms with Gasteiger partial charge in [-0.15, -0.1) is 0 Å². The SMILES string of the molecule is CCNC(=O)CN(C)C1CCCCC1. The largest absolute Gasteiger partial charge is 0.355 e. The van der Waals surface area contributed by atoms with Crippen molar-refractivity contribution in [1.29, 1.82) is 0 Å². The number of rotatable bonds is 4. The van der Waals surface area contributed by atoms with Crippen LogP contribution >= 0.6 is 0 Å². The van der Waals surface area contributed by atoms with Crippen molar-refractivity contribution in [3.63, 3.8) is 0 Å². The topological polar surface area (TPSA) is 32.3 Å². The summed E-state index contributed by atoms with van der Waals surface area (Å²) in [6, 6.07) is 0.631. The first-order valence-corrected chi connectivity index (χ1v) is 5.71. The van der Waals surface area contributed by atoms with Gasteiger partial charge in [-0.1, -0.05) is 19.3 Å². The van der Waals surface area contributed by atoms with Crippen LogP contribution in [-0.2, 0) is 4.79 Å². The van der Waals surface area contributed by atoms with Crippen LogP contribution in [0.3, 0.4) is 0 Å². The Morgan fingerprint density at radius 1 is 1.36 bits per heavy atom. The minimum absolute atomic E-state index is 0.153. The van der Waals surface area contributed by atoms with Crippen LogP contribution in [0.5, 0.6) is 0 Å². The molecule has 14 heavy (non-hydrogen) atoms. The molecule has 82 valence electrons. The van der Waals surface area contributed by atoms with Crippen LogP contribution in [0, 0.1) is 0 Å². The van der Waals surface area contributed by atoms with E-state index in [1.165, 1.54) is 32.1 Å². The summed E-state index contributed by atoms with van der Waals surface area (Å²) in [5.74, 6) is 0.153. The molecule has 0 radical (unpaired) electrons. The smallest absolute Gasteiger partial charge is 0.234 e. The Morgan fingerprint density at radius 2 is 2.00 bits per heavy atom. The van der Waals surface area contributed by atoms with Crippen LogP contribution in [0.25, 0.3) is 0 Å². The van der Waals surface area contributed by atoms with Crippen LogP contribution in [-0.4, -0.2) is 37.0 Å². The molecule has 1 N–H and O–H groups in total. The summed E-state index contributed by atoms with van der Waals surface area (Å²) in [4.78, 5) is 13.5. The molecule has 0 aliphatic heterocycles. The highest BCUT2D eigenvalue weighted by Crippen LogP contribution is 2.21. The van der Waals surface area contributed by atoms with E-state index >= 15 is 0 Å². The fourth-order valence-electron chi connectivity index (χ4n) is 2.13. The molecule has 0 saturated heterocycles. The molecule has 0 aromatic heterocycles. The number of carbonyl (C=O) groups excluding carboxylic acids is 1. The molecule has 1 fully saturated rings. The molecule has 0 heterocycles. The van der Waals surface area contributed by atoms with E-state index in [2.05, 4.69) is 17.3 Å². The van der Waals surface area contributed by atoms with Gasteiger partial charge in [0.15, 0.2) is 0 Å². The molecular formula is C11H22N2O. The van der Waals surface area contributed by atoms with Crippen LogP contribution in [0.2, 0.25) is 0 Å². The first kappa shape index (κ1) is 11.5. The number of amides is 1. The molecule has 0 aromatic carbocycles. The summed E-state index contributed by atoms with van der Waals surface area (Å²) in [6.45, 7) is 3.24. The fourth-order valence-corrected chi connectivity index (χ4v) is 2.13. The van der Waals surface area contributed by atoms with E-state index in [1.807, 2.05) is 6.92 Å². The van der Waals surface area contributed by atoms with Gasteiger partial charge in [-0.05, 0) is 26.8 Å². The first-order valence-electron chi connectivity index (χ1n) is 5.71. The minimum Gasteiger partial charge on any atom is -0.355 e. The Bertz CT molecular complexity index is 176. The Hall–Kier alpha value is -0.570. The Morgan fingerprint density at radius 3 is 2.57 bits per heavy atom. The maximum absolute atomic E-state index is 11.3. The van der Waals surface area contributed by atoms with Gasteiger partial charge >= 0.3 is 0 Å². The molecular weight excluding hydrogens is 176 g/mol. The normalized spacial score (nSPS) is 18.5. The molecule has 1 saturated carbocycles. The average molecular weight is 198 g/mol. The summed E-state index contributed by atoms with van der Waals surface area (Å²) >= 11 is 0. The first-order chi connectivity index (χ1) is 6.74. The van der Waals surface area contributed by atoms with E-state index in [-0.39, 0.29) is 5.91 Å². The van der Waals surface area contributed by atoms with Crippen molar-refractivity contribution in [3.05, 3.63) is 0 Å². The highest BCUT2D eigenvalue weighted by molar-refractivity contribution is 5.77. The van der Waals surface area contributed by atoms with Crippen LogP contribution < -0.4 is 5.32 Å². The number of nitrogens with zero attached hydrogens (tertiary/aromatic N) is 1. The summed E-state index contributed by atoms with van der Waals surface area (Å²) < 4.78 is 0. The quantitative estimate of drug-likeness (QED) is 0.740. The Balaban J connectivity index is 2.25. The van der Waals surface area contributed by atoms with Crippen LogP contribution in [0.15, 0.2) is 0 Å². The van der Waals surface area contributed by atoms with E-state index in [0.717, 1.165) is 6.54 Å². The highest BCUT2D eigenvalue weighted by Gasteiger charge is 2.19. The number of carbonyl (C=O) groups is 1. The van der Waals surface area contributed by atoms with Crippen molar-refractivity contribution in [2.45, 2.75) is 45.1 Å². The molecule has 0 aromatic rings. The summed E-state index contributed by atoms with van der Waals surface area (Å²) in [5, 5.41) is 2.83. The van der Waals surface area contributed by atoms with Gasteiger partial charge in [0.1, 0.15) is 0 Å². The molecule has 3 heteroatoms. The predicted octanol–water partition coefficient (Wildman–Crippen LogP) is 1.39. The van der Waals surface area contributed by atoms with Gasteiger partial charge in [0.25, 0.3) is 0 Å². The van der Waals surface area contributed by atoms with Crippen molar-refractivity contribution >= 4 is 5.91 Å². The second kappa shape index (κ2) is 6.02. The molecule has 0 unspecified atom stereocenters. The third kappa shape index (κ3) is 3.66. The molecule has 0 bridgehead atoms. The summed E-state index contributed by atoms with van der Waals surface area (Å²) in [5.41, 5.74) is 0. The van der Waals surface area contributed by atoms with E-state index in [4.69, 9.17) is 0 Å². The highest BCUT2D eigenvalue weighted by atomic mass is 16.2. The maximum atomic E-state index is 11.3.